The predicted octanol–water partition coefficient (Wildman–Crippen LogP) is 3.78. The highest BCUT2D eigenvalue weighted by Gasteiger charge is 2.24. The summed E-state index contributed by atoms with van der Waals surface area (Å²) in [5.41, 5.74) is 1.70. The largest absolute Gasteiger partial charge is 0.478 e. The monoisotopic (exact) mass is 329 g/mol. The molecular formula is C19H24FN3O. The summed E-state index contributed by atoms with van der Waals surface area (Å²) in [7, 11) is 1.63. The van der Waals surface area contributed by atoms with Crippen LogP contribution in [0.15, 0.2) is 30.5 Å². The lowest BCUT2D eigenvalue weighted by atomic mass is 9.91. The fourth-order valence-electron chi connectivity index (χ4n) is 3.36. The highest BCUT2D eigenvalue weighted by molar-refractivity contribution is 5.49. The lowest BCUT2D eigenvalue weighted by molar-refractivity contribution is 0.370. The number of aromatic nitrogens is 2. The van der Waals surface area contributed by atoms with Gasteiger partial charge >= 0.3 is 0 Å². The third-order valence-corrected chi connectivity index (χ3v) is 4.63. The van der Waals surface area contributed by atoms with Crippen molar-refractivity contribution in [1.29, 1.82) is 0 Å². The maximum atomic E-state index is 13.8. The molecule has 0 bridgehead atoms. The molecule has 128 valence electrons. The van der Waals surface area contributed by atoms with Gasteiger partial charge in [-0.15, -0.1) is 0 Å². The lowest BCUT2D eigenvalue weighted by Crippen LogP contribution is -2.36. The Labute approximate surface area is 142 Å². The first kappa shape index (κ1) is 16.7. The van der Waals surface area contributed by atoms with Gasteiger partial charge < -0.3 is 9.64 Å². The highest BCUT2D eigenvalue weighted by Crippen LogP contribution is 2.30. The van der Waals surface area contributed by atoms with Crippen LogP contribution in [0.3, 0.4) is 0 Å². The first-order chi connectivity index (χ1) is 11.7. The average Bonchev–Trinajstić information content (AvgIpc) is 2.61. The van der Waals surface area contributed by atoms with E-state index >= 15 is 0 Å². The van der Waals surface area contributed by atoms with Crippen molar-refractivity contribution in [3.63, 3.8) is 0 Å². The smallest absolute Gasteiger partial charge is 0.257 e. The van der Waals surface area contributed by atoms with Crippen LogP contribution in [0, 0.1) is 18.7 Å². The highest BCUT2D eigenvalue weighted by atomic mass is 19.1. The van der Waals surface area contributed by atoms with Crippen molar-refractivity contribution in [3.05, 3.63) is 47.5 Å². The van der Waals surface area contributed by atoms with E-state index in [9.17, 15) is 4.39 Å². The number of hydrogen-bond acceptors (Lipinski definition) is 4. The van der Waals surface area contributed by atoms with Crippen LogP contribution >= 0.6 is 0 Å². The number of methoxy groups -OCH3 is 1. The van der Waals surface area contributed by atoms with E-state index in [1.54, 1.807) is 19.4 Å². The molecule has 1 aromatic heterocycles. The Balaban J connectivity index is 1.66. The van der Waals surface area contributed by atoms with E-state index in [2.05, 4.69) is 14.9 Å². The molecule has 1 aliphatic rings. The van der Waals surface area contributed by atoms with Gasteiger partial charge in [-0.05, 0) is 50.2 Å². The summed E-state index contributed by atoms with van der Waals surface area (Å²) >= 11 is 0. The molecule has 0 spiro atoms. The van der Waals surface area contributed by atoms with E-state index in [0.717, 1.165) is 49.4 Å². The topological polar surface area (TPSA) is 38.3 Å². The van der Waals surface area contributed by atoms with E-state index in [4.69, 9.17) is 4.74 Å². The maximum absolute atomic E-state index is 13.8. The van der Waals surface area contributed by atoms with Gasteiger partial charge in [0.05, 0.1) is 19.0 Å². The van der Waals surface area contributed by atoms with Crippen LogP contribution in [-0.4, -0.2) is 30.2 Å². The Morgan fingerprint density at radius 3 is 2.96 bits per heavy atom. The molecule has 1 fully saturated rings. The molecule has 0 N–H and O–H groups in total. The minimum absolute atomic E-state index is 0.101. The summed E-state index contributed by atoms with van der Waals surface area (Å²) < 4.78 is 19.2. The van der Waals surface area contributed by atoms with Crippen molar-refractivity contribution in [1.82, 2.24) is 9.97 Å². The van der Waals surface area contributed by atoms with Crippen molar-refractivity contribution in [2.75, 3.05) is 25.1 Å². The van der Waals surface area contributed by atoms with Crippen LogP contribution in [0.2, 0.25) is 0 Å². The number of halogens is 1. The Hall–Kier alpha value is -2.17. The molecular weight excluding hydrogens is 305 g/mol. The normalized spacial score (nSPS) is 17.8. The molecule has 2 heterocycles. The van der Waals surface area contributed by atoms with Crippen LogP contribution in [0.4, 0.5) is 10.2 Å². The van der Waals surface area contributed by atoms with Crippen LogP contribution in [0.1, 0.15) is 30.5 Å². The Kier molecular flexibility index (Phi) is 5.28. The summed E-state index contributed by atoms with van der Waals surface area (Å²) in [5, 5.41) is 0. The second kappa shape index (κ2) is 7.60. The number of hydrogen-bond donors (Lipinski definition) is 0. The number of piperidine rings is 1. The van der Waals surface area contributed by atoms with Crippen molar-refractivity contribution >= 4 is 5.82 Å². The third-order valence-electron chi connectivity index (χ3n) is 4.63. The molecule has 4 nitrogen and oxygen atoms in total. The number of ether oxygens (including phenoxy) is 1. The number of nitrogens with zero attached hydrogens (tertiary/aromatic N) is 3. The zero-order valence-corrected chi connectivity index (χ0v) is 14.3. The quantitative estimate of drug-likeness (QED) is 0.837. The van der Waals surface area contributed by atoms with Gasteiger partial charge in [0.2, 0.25) is 0 Å². The minimum atomic E-state index is -0.101. The zero-order valence-electron chi connectivity index (χ0n) is 14.3. The first-order valence-corrected chi connectivity index (χ1v) is 8.53. The van der Waals surface area contributed by atoms with Crippen molar-refractivity contribution in [2.24, 2.45) is 5.92 Å². The van der Waals surface area contributed by atoms with E-state index < -0.39 is 0 Å². The number of benzene rings is 1. The molecule has 1 atom stereocenters. The third kappa shape index (κ3) is 3.83. The van der Waals surface area contributed by atoms with Gasteiger partial charge in [0, 0.05) is 13.1 Å². The molecule has 2 aromatic rings. The molecule has 0 radical (unpaired) electrons. The van der Waals surface area contributed by atoms with Crippen molar-refractivity contribution < 1.29 is 9.13 Å². The molecule has 0 amide bonds. The standard InChI is InChI=1S/C19H24FN3O/c1-14-12-21-19(24-2)18(22-14)23-11-5-6-15(13-23)9-10-16-7-3-4-8-17(16)20/h3-4,7-8,12,15H,5-6,9-11,13H2,1-2H3. The molecule has 0 aliphatic carbocycles. The van der Waals surface area contributed by atoms with Gasteiger partial charge in [-0.1, -0.05) is 18.2 Å². The number of rotatable bonds is 5. The lowest BCUT2D eigenvalue weighted by Gasteiger charge is -2.34. The number of aryl methyl sites for hydroxylation is 2. The minimum Gasteiger partial charge on any atom is -0.478 e. The van der Waals surface area contributed by atoms with Gasteiger partial charge in [-0.2, -0.15) is 0 Å². The second-order valence-electron chi connectivity index (χ2n) is 6.43. The summed E-state index contributed by atoms with van der Waals surface area (Å²) in [4.78, 5) is 11.2. The molecule has 0 saturated carbocycles. The molecule has 1 aromatic carbocycles. The SMILES string of the molecule is COc1ncc(C)nc1N1CCCC(CCc2ccccc2F)C1. The maximum Gasteiger partial charge on any atom is 0.257 e. The summed E-state index contributed by atoms with van der Waals surface area (Å²) in [6, 6.07) is 7.06. The fourth-order valence-corrected chi connectivity index (χ4v) is 3.36. The Bertz CT molecular complexity index is 692. The number of anilines is 1. The summed E-state index contributed by atoms with van der Waals surface area (Å²) in [6.07, 6.45) is 5.77. The summed E-state index contributed by atoms with van der Waals surface area (Å²) in [5.74, 6) is 1.84. The van der Waals surface area contributed by atoms with E-state index in [0.29, 0.717) is 11.8 Å². The van der Waals surface area contributed by atoms with Gasteiger partial charge in [-0.25, -0.2) is 14.4 Å². The van der Waals surface area contributed by atoms with Crippen molar-refractivity contribution in [3.8, 4) is 5.88 Å². The molecule has 5 heteroatoms. The van der Waals surface area contributed by atoms with Crippen LogP contribution in [-0.2, 0) is 6.42 Å². The fraction of sp³-hybridized carbons (Fsp3) is 0.474. The van der Waals surface area contributed by atoms with Gasteiger partial charge in [0.15, 0.2) is 5.82 Å². The summed E-state index contributed by atoms with van der Waals surface area (Å²) in [6.45, 7) is 3.82. The zero-order chi connectivity index (χ0) is 16.9. The second-order valence-corrected chi connectivity index (χ2v) is 6.43. The predicted molar refractivity (Wildman–Crippen MR) is 93.0 cm³/mol. The van der Waals surface area contributed by atoms with E-state index in [-0.39, 0.29) is 5.82 Å². The van der Waals surface area contributed by atoms with E-state index in [1.165, 1.54) is 12.5 Å². The van der Waals surface area contributed by atoms with E-state index in [1.807, 2.05) is 19.1 Å². The molecule has 3 rings (SSSR count). The average molecular weight is 329 g/mol. The Morgan fingerprint density at radius 1 is 1.33 bits per heavy atom. The van der Waals surface area contributed by atoms with Gasteiger partial charge in [0.1, 0.15) is 5.82 Å². The molecule has 1 aliphatic heterocycles. The molecule has 24 heavy (non-hydrogen) atoms. The van der Waals surface area contributed by atoms with Gasteiger partial charge in [-0.3, -0.25) is 0 Å². The molecule has 1 unspecified atom stereocenters. The van der Waals surface area contributed by atoms with Crippen LogP contribution < -0.4 is 9.64 Å². The van der Waals surface area contributed by atoms with Crippen molar-refractivity contribution in [2.45, 2.75) is 32.6 Å². The van der Waals surface area contributed by atoms with Crippen LogP contribution in [0.25, 0.3) is 0 Å². The first-order valence-electron chi connectivity index (χ1n) is 8.53. The Morgan fingerprint density at radius 2 is 2.17 bits per heavy atom. The molecule has 1 saturated heterocycles. The van der Waals surface area contributed by atoms with Gasteiger partial charge in [0.25, 0.3) is 5.88 Å². The van der Waals surface area contributed by atoms with Crippen LogP contribution in [0.5, 0.6) is 5.88 Å².